The lowest BCUT2D eigenvalue weighted by Crippen LogP contribution is -2.59. The molecule has 1 aliphatic rings. The van der Waals surface area contributed by atoms with E-state index >= 15 is 0 Å². The molecular weight excluding hydrogens is 936 g/mol. The highest BCUT2D eigenvalue weighted by Crippen LogP contribution is 2.30. The molecule has 21 heteroatoms. The molecule has 2 aromatic rings. The molecule has 4 N–H and O–H groups in total. The zero-order chi connectivity index (χ0) is 52.8. The smallest absolute Gasteiger partial charge is 0.379 e. The summed E-state index contributed by atoms with van der Waals surface area (Å²) in [4.78, 5) is 86.5. The summed E-state index contributed by atoms with van der Waals surface area (Å²) in [6.07, 6.45) is -5.25. The highest BCUT2D eigenvalue weighted by atomic mass is 32.2. The van der Waals surface area contributed by atoms with Crippen LogP contribution in [0.2, 0.25) is 0 Å². The number of ether oxygens (including phenoxy) is 2. The Labute approximate surface area is 411 Å². The van der Waals surface area contributed by atoms with Crippen molar-refractivity contribution in [3.05, 3.63) is 65.7 Å². The number of halogens is 3. The lowest BCUT2D eigenvalue weighted by Gasteiger charge is -2.41. The van der Waals surface area contributed by atoms with Crippen LogP contribution in [0.5, 0.6) is 0 Å². The summed E-state index contributed by atoms with van der Waals surface area (Å²) in [6, 6.07) is 9.25. The molecule has 1 saturated heterocycles. The number of anilines is 1. The molecule has 6 amide bonds. The van der Waals surface area contributed by atoms with Crippen molar-refractivity contribution in [3.8, 4) is 0 Å². The van der Waals surface area contributed by atoms with Gasteiger partial charge in [-0.2, -0.15) is 13.2 Å². The first-order chi connectivity index (χ1) is 32.7. The number of alkyl halides is 3. The number of methoxy groups -OCH3 is 2. The van der Waals surface area contributed by atoms with E-state index < -0.39 is 88.0 Å². The second-order valence-corrected chi connectivity index (χ2v) is 20.8. The Bertz CT molecular complexity index is 2170. The number of amides is 6. The Kier molecular flexibility index (Phi) is 22.3. The minimum absolute atomic E-state index is 0.0152. The number of sulfonamides is 1. The lowest BCUT2D eigenvalue weighted by molar-refractivity contribution is -0.167. The van der Waals surface area contributed by atoms with Crippen LogP contribution in [0.3, 0.4) is 0 Å². The molecule has 0 spiro atoms. The van der Waals surface area contributed by atoms with E-state index in [0.717, 1.165) is 12.1 Å². The molecule has 2 aromatic carbocycles. The normalized spacial score (nSPS) is 17.7. The molecule has 392 valence electrons. The van der Waals surface area contributed by atoms with Crippen molar-refractivity contribution >= 4 is 51.2 Å². The fourth-order valence-electron chi connectivity index (χ4n) is 9.14. The first-order valence-corrected chi connectivity index (χ1v) is 25.3. The van der Waals surface area contributed by atoms with Gasteiger partial charge in [-0.25, -0.2) is 8.42 Å². The number of nitrogens with one attached hydrogen (secondary N) is 4. The van der Waals surface area contributed by atoms with Crippen molar-refractivity contribution in [2.45, 2.75) is 135 Å². The molecule has 70 heavy (non-hydrogen) atoms. The summed E-state index contributed by atoms with van der Waals surface area (Å²) in [7, 11) is 3.76. The Morgan fingerprint density at radius 1 is 0.814 bits per heavy atom. The van der Waals surface area contributed by atoms with E-state index in [1.165, 1.54) is 26.4 Å². The molecule has 0 aliphatic carbocycles. The van der Waals surface area contributed by atoms with Crippen LogP contribution < -0.4 is 20.7 Å². The summed E-state index contributed by atoms with van der Waals surface area (Å²) >= 11 is 0. The van der Waals surface area contributed by atoms with Gasteiger partial charge in [-0.05, 0) is 68.0 Å². The number of carbonyl (C=O) groups is 6. The standard InChI is InChI=1S/C49H74F3N7O10S/c1-13-31(6)42(58(10)47(64)40(29(2)3)55-46(63)41(30(4)5)57(8)9)38(68-11)27-39(60)59-25-17-20-37(59)43(69-12)32(7)44(61)54-36(26-33-18-15-14-16-19-33)45(62)56-70(66,67)28-34-21-23-35(24-22-34)53-48(65)49(50,51)52/h14-16,18-19,21-24,29-32,36-38,40-43H,13,17,20,25-28H2,1-12H3,(H,53,65)(H,54,61)(H,55,63)(H,56,62)/t31?,32-,36+,37+,38-,40+,41?,42?,43-/m1/s1. The zero-order valence-corrected chi connectivity index (χ0v) is 43.3. The minimum atomic E-state index is -5.13. The molecule has 3 unspecified atom stereocenters. The first-order valence-electron chi connectivity index (χ1n) is 23.6. The molecule has 0 aromatic heterocycles. The van der Waals surface area contributed by atoms with Crippen molar-refractivity contribution in [3.63, 3.8) is 0 Å². The second-order valence-electron chi connectivity index (χ2n) is 19.1. The molecule has 3 rings (SSSR count). The molecule has 0 saturated carbocycles. The number of nitrogens with zero attached hydrogens (tertiary/aromatic N) is 3. The van der Waals surface area contributed by atoms with Gasteiger partial charge in [-0.3, -0.25) is 38.4 Å². The summed E-state index contributed by atoms with van der Waals surface area (Å²) in [5, 5.41) is 7.37. The van der Waals surface area contributed by atoms with Gasteiger partial charge in [0.2, 0.25) is 33.7 Å². The van der Waals surface area contributed by atoms with Crippen LogP contribution in [0.4, 0.5) is 18.9 Å². The molecular formula is C49H74F3N7O10S. The van der Waals surface area contributed by atoms with E-state index in [9.17, 15) is 50.4 Å². The topological polar surface area (TPSA) is 213 Å². The number of carbonyl (C=O) groups excluding carboxylic acids is 6. The molecule has 1 heterocycles. The van der Waals surface area contributed by atoms with Crippen LogP contribution >= 0.6 is 0 Å². The van der Waals surface area contributed by atoms with Gasteiger partial charge in [0.15, 0.2) is 0 Å². The third-order valence-corrected chi connectivity index (χ3v) is 14.2. The van der Waals surface area contributed by atoms with E-state index in [1.54, 1.807) is 59.4 Å². The highest BCUT2D eigenvalue weighted by molar-refractivity contribution is 7.89. The summed E-state index contributed by atoms with van der Waals surface area (Å²) in [6.45, 7) is 13.5. The van der Waals surface area contributed by atoms with Crippen LogP contribution in [0, 0.1) is 23.7 Å². The van der Waals surface area contributed by atoms with Gasteiger partial charge < -0.3 is 35.2 Å². The Hall–Kier alpha value is -5.12. The number of likely N-dealkylation sites (N-methyl/N-ethyl adjacent to an activating group) is 2. The second kappa shape index (κ2) is 26.4. The van der Waals surface area contributed by atoms with E-state index in [0.29, 0.717) is 31.4 Å². The average molecular weight is 1010 g/mol. The fourth-order valence-corrected chi connectivity index (χ4v) is 10.3. The first kappa shape index (κ1) is 59.2. The maximum absolute atomic E-state index is 14.4. The zero-order valence-electron chi connectivity index (χ0n) is 42.5. The van der Waals surface area contributed by atoms with Crippen LogP contribution in [-0.4, -0.2) is 149 Å². The number of rotatable bonds is 25. The van der Waals surface area contributed by atoms with Crippen LogP contribution in [0.15, 0.2) is 54.6 Å². The maximum Gasteiger partial charge on any atom is 0.471 e. The molecule has 0 radical (unpaired) electrons. The predicted molar refractivity (Wildman–Crippen MR) is 259 cm³/mol. The van der Waals surface area contributed by atoms with Gasteiger partial charge in [-0.1, -0.05) is 97.4 Å². The number of hydrogen-bond acceptors (Lipinski definition) is 11. The van der Waals surface area contributed by atoms with Crippen molar-refractivity contribution in [1.29, 1.82) is 0 Å². The van der Waals surface area contributed by atoms with Crippen LogP contribution in [-0.2, 0) is 60.4 Å². The summed E-state index contributed by atoms with van der Waals surface area (Å²) in [5.41, 5.74) is 0.469. The number of benzene rings is 2. The maximum atomic E-state index is 14.4. The molecule has 0 bridgehead atoms. The van der Waals surface area contributed by atoms with Crippen molar-refractivity contribution < 1.29 is 59.8 Å². The fraction of sp³-hybridized carbons (Fsp3) is 0.633. The molecule has 17 nitrogen and oxygen atoms in total. The Morgan fingerprint density at radius 3 is 1.94 bits per heavy atom. The third-order valence-electron chi connectivity index (χ3n) is 12.9. The number of hydrogen-bond donors (Lipinski definition) is 4. The lowest BCUT2D eigenvalue weighted by atomic mass is 9.89. The van der Waals surface area contributed by atoms with E-state index in [4.69, 9.17) is 9.47 Å². The van der Waals surface area contributed by atoms with Crippen molar-refractivity contribution in [2.75, 3.05) is 47.2 Å². The third kappa shape index (κ3) is 16.5. The Morgan fingerprint density at radius 2 is 1.43 bits per heavy atom. The monoisotopic (exact) mass is 1010 g/mol. The van der Waals surface area contributed by atoms with Crippen molar-refractivity contribution in [2.24, 2.45) is 23.7 Å². The van der Waals surface area contributed by atoms with E-state index in [1.807, 2.05) is 65.3 Å². The predicted octanol–water partition coefficient (Wildman–Crippen LogP) is 4.51. The van der Waals surface area contributed by atoms with Gasteiger partial charge in [0.1, 0.15) is 12.1 Å². The highest BCUT2D eigenvalue weighted by Gasteiger charge is 2.44. The van der Waals surface area contributed by atoms with Crippen molar-refractivity contribution in [1.82, 2.24) is 30.1 Å². The van der Waals surface area contributed by atoms with E-state index in [2.05, 4.69) is 10.6 Å². The van der Waals surface area contributed by atoms with Crippen LogP contribution in [0.25, 0.3) is 0 Å². The molecule has 9 atom stereocenters. The molecule has 1 aliphatic heterocycles. The average Bonchev–Trinajstić information content (AvgIpc) is 3.77. The van der Waals surface area contributed by atoms with E-state index in [-0.39, 0.29) is 59.6 Å². The number of likely N-dealkylation sites (tertiary alicyclic amines) is 1. The summed E-state index contributed by atoms with van der Waals surface area (Å²) < 4.78 is 78.6. The van der Waals surface area contributed by atoms with Gasteiger partial charge in [0, 0.05) is 39.9 Å². The van der Waals surface area contributed by atoms with Gasteiger partial charge in [0.25, 0.3) is 5.91 Å². The van der Waals surface area contributed by atoms with Crippen LogP contribution in [0.1, 0.15) is 85.3 Å². The Balaban J connectivity index is 1.81. The van der Waals surface area contributed by atoms with Gasteiger partial charge in [0.05, 0.1) is 48.4 Å². The minimum Gasteiger partial charge on any atom is -0.379 e. The SMILES string of the molecule is CCC(C)C([C@@H](CC(=O)N1CCC[C@H]1[C@H](OC)[C@@H](C)C(=O)N[C@@H](Cc1ccccc1)C(=O)NS(=O)(=O)Cc1ccc(NC(=O)C(F)(F)F)cc1)OC)N(C)C(=O)[C@@H](NC(=O)C(C(C)C)N(C)C)C(C)C. The van der Waals surface area contributed by atoms with Gasteiger partial charge in [-0.15, -0.1) is 0 Å². The van der Waals surface area contributed by atoms with Gasteiger partial charge >= 0.3 is 12.1 Å². The quantitative estimate of drug-likeness (QED) is 0.109. The summed E-state index contributed by atoms with van der Waals surface area (Å²) in [5.74, 6) is -6.89. The largest absolute Gasteiger partial charge is 0.471 e. The molecule has 1 fully saturated rings.